The van der Waals surface area contributed by atoms with E-state index in [1.54, 1.807) is 0 Å². The molecule has 0 aliphatic carbocycles. The summed E-state index contributed by atoms with van der Waals surface area (Å²) in [5.41, 5.74) is 11.1. The van der Waals surface area contributed by atoms with Crippen LogP contribution in [0.2, 0.25) is 0 Å². The van der Waals surface area contributed by atoms with E-state index in [4.69, 9.17) is 43.1 Å². The molecule has 87 heavy (non-hydrogen) atoms. The third kappa shape index (κ3) is 15.4. The van der Waals surface area contributed by atoms with Crippen LogP contribution in [-0.2, 0) is 44.4 Å². The fraction of sp³-hybridized carbons (Fsp3) is 0.667. The molecule has 0 amide bonds. The number of aromatic amines is 2. The molecule has 484 valence electrons. The van der Waals surface area contributed by atoms with Crippen molar-refractivity contribution >= 4 is 67.0 Å². The molecule has 8 heterocycles. The molecule has 5 aliphatic heterocycles. The average Bonchev–Trinajstić information content (AvgIpc) is 1.93. The number of aryl methyl sites for hydroxylation is 4. The molecule has 0 aromatic carbocycles. The summed E-state index contributed by atoms with van der Waals surface area (Å²) < 4.78 is 40.0. The van der Waals surface area contributed by atoms with Gasteiger partial charge in [-0.15, -0.1) is 0 Å². The summed E-state index contributed by atoms with van der Waals surface area (Å²) in [4.78, 5) is 46.4. The van der Waals surface area contributed by atoms with Crippen molar-refractivity contribution in [3.05, 3.63) is 68.8 Å². The minimum absolute atomic E-state index is 0.0228. The number of carbonyl (C=O) groups is 2. The lowest BCUT2D eigenvalue weighted by Crippen LogP contribution is -2.59. The molecule has 0 radical (unpaired) electrons. The van der Waals surface area contributed by atoms with Crippen molar-refractivity contribution in [1.29, 1.82) is 0 Å². The van der Waals surface area contributed by atoms with Gasteiger partial charge in [-0.3, -0.25) is 14.6 Å². The highest BCUT2D eigenvalue weighted by Crippen LogP contribution is 2.44. The van der Waals surface area contributed by atoms with Gasteiger partial charge in [0.15, 0.2) is 24.0 Å². The summed E-state index contributed by atoms with van der Waals surface area (Å²) in [6.07, 6.45) is -19.4. The SMILES string of the molecule is CCc1c(C)c2cc3nc(cc4nc(c(C)c5[nH]c(cc1[nH]2)c(C)c5C(=O)SCCCO[C@@H]1O[C@H](CO)[C@@H](O)[C@H](O)[C@H]1O)[C@@H](CCC(=O)SCCCO[C@@H]1O[C@H](CO)[C@@H](O)[C@H](O)[C@H]1O)[C@@H]4C)C(C)=C3C(C)OCCCO[C@@H]1O[C@H](CO)[C@@H](O)[C@H](O)[C@H]1O. The Hall–Kier alpha value is -3.86. The van der Waals surface area contributed by atoms with Crippen LogP contribution in [0.4, 0.5) is 0 Å². The predicted molar refractivity (Wildman–Crippen MR) is 320 cm³/mol. The maximum Gasteiger partial charge on any atom is 0.221 e. The number of hydrogen-bond donors (Lipinski definition) is 14. The second-order valence-corrected chi connectivity index (χ2v) is 25.0. The molecule has 8 bridgehead atoms. The molecule has 5 aliphatic rings. The third-order valence-corrected chi connectivity index (χ3v) is 19.1. The van der Waals surface area contributed by atoms with Crippen molar-refractivity contribution in [2.24, 2.45) is 0 Å². The number of aliphatic hydroxyl groups excluding tert-OH is 12. The van der Waals surface area contributed by atoms with Gasteiger partial charge in [0.1, 0.15) is 73.2 Å². The first-order valence-electron chi connectivity index (χ1n) is 29.7. The summed E-state index contributed by atoms with van der Waals surface area (Å²) >= 11 is 2.20. The minimum Gasteiger partial charge on any atom is -0.394 e. The highest BCUT2D eigenvalue weighted by Gasteiger charge is 2.46. The summed E-state index contributed by atoms with van der Waals surface area (Å²) in [6.45, 7) is 12.5. The van der Waals surface area contributed by atoms with Gasteiger partial charge in [0, 0.05) is 69.9 Å². The number of allylic oxidation sites excluding steroid dienone is 1. The van der Waals surface area contributed by atoms with Crippen molar-refractivity contribution in [3.63, 3.8) is 0 Å². The highest BCUT2D eigenvalue weighted by molar-refractivity contribution is 8.14. The van der Waals surface area contributed by atoms with Crippen molar-refractivity contribution in [1.82, 2.24) is 19.9 Å². The molecule has 8 rings (SSSR count). The van der Waals surface area contributed by atoms with E-state index in [1.165, 1.54) is 0 Å². The number of carbonyl (C=O) groups excluding carboxylic acids is 2. The van der Waals surface area contributed by atoms with E-state index < -0.39 is 118 Å². The summed E-state index contributed by atoms with van der Waals surface area (Å²) in [5, 5.41) is 121. The molecule has 0 spiro atoms. The molecule has 27 heteroatoms. The number of aromatic nitrogens is 4. The lowest BCUT2D eigenvalue weighted by Gasteiger charge is -2.39. The Kier molecular flexibility index (Phi) is 24.6. The Bertz CT molecular complexity index is 3050. The molecule has 25 nitrogen and oxygen atoms in total. The number of ether oxygens (including phenoxy) is 7. The van der Waals surface area contributed by atoms with E-state index in [0.717, 1.165) is 56.8 Å². The van der Waals surface area contributed by atoms with Crippen molar-refractivity contribution in [3.8, 4) is 0 Å². The minimum atomic E-state index is -1.60. The van der Waals surface area contributed by atoms with Crippen LogP contribution >= 0.6 is 23.5 Å². The zero-order valence-electron chi connectivity index (χ0n) is 50.0. The van der Waals surface area contributed by atoms with Crippen LogP contribution in [0, 0.1) is 20.8 Å². The monoisotopic (exact) mass is 1260 g/mol. The number of H-pyrrole nitrogens is 2. The van der Waals surface area contributed by atoms with E-state index >= 15 is 0 Å². The van der Waals surface area contributed by atoms with E-state index in [0.29, 0.717) is 94.1 Å². The predicted octanol–water partition coefficient (Wildman–Crippen LogP) is 1.56. The lowest BCUT2D eigenvalue weighted by atomic mass is 9.86. The molecule has 3 aromatic rings. The Labute approximate surface area is 512 Å². The van der Waals surface area contributed by atoms with E-state index in [2.05, 4.69) is 23.8 Å². The molecule has 18 atom stereocenters. The number of hydrogen-bond acceptors (Lipinski definition) is 25. The van der Waals surface area contributed by atoms with Gasteiger partial charge in [0.05, 0.1) is 68.2 Å². The van der Waals surface area contributed by atoms with Gasteiger partial charge in [-0.25, -0.2) is 4.98 Å². The van der Waals surface area contributed by atoms with Crippen LogP contribution in [0.15, 0.2) is 18.2 Å². The Morgan fingerprint density at radius 2 is 1.13 bits per heavy atom. The summed E-state index contributed by atoms with van der Waals surface area (Å²) in [6, 6.07) is 5.96. The Morgan fingerprint density at radius 1 is 0.609 bits per heavy atom. The first-order valence-corrected chi connectivity index (χ1v) is 31.7. The second-order valence-electron chi connectivity index (χ2n) is 22.8. The van der Waals surface area contributed by atoms with Crippen LogP contribution in [0.5, 0.6) is 0 Å². The smallest absolute Gasteiger partial charge is 0.221 e. The topological polar surface area (TPSA) is 399 Å². The second kappa shape index (κ2) is 31.0. The van der Waals surface area contributed by atoms with Gasteiger partial charge in [-0.2, -0.15) is 0 Å². The fourth-order valence-corrected chi connectivity index (χ4v) is 13.4. The molecule has 3 saturated heterocycles. The molecule has 0 saturated carbocycles. The van der Waals surface area contributed by atoms with Crippen molar-refractivity contribution < 1.29 is 104 Å². The number of fused-ring (bicyclic) bond motifs is 8. The molecular formula is C60H86N4O21S2. The lowest BCUT2D eigenvalue weighted by molar-refractivity contribution is -0.301. The quantitative estimate of drug-likeness (QED) is 0.0535. The van der Waals surface area contributed by atoms with Gasteiger partial charge >= 0.3 is 0 Å². The number of nitrogens with zero attached hydrogens (tertiary/aromatic N) is 2. The summed E-state index contributed by atoms with van der Waals surface area (Å²) in [7, 11) is 0. The number of nitrogens with one attached hydrogen (secondary N) is 2. The zero-order chi connectivity index (χ0) is 63.1. The zero-order valence-corrected chi connectivity index (χ0v) is 51.6. The van der Waals surface area contributed by atoms with Gasteiger partial charge in [0.25, 0.3) is 0 Å². The average molecular weight is 1260 g/mol. The largest absolute Gasteiger partial charge is 0.394 e. The van der Waals surface area contributed by atoms with Crippen molar-refractivity contribution in [2.45, 2.75) is 197 Å². The molecule has 1 unspecified atom stereocenters. The van der Waals surface area contributed by atoms with Crippen LogP contribution in [0.1, 0.15) is 127 Å². The standard InChI is InChI=1S/C60H86N4O21S2/c1-8-32-26(2)34-22-39-44(31(7)79-14-9-15-80-58-54(75)51(72)48(69)40(23-65)83-58)28(4)36(62-39)20-35-27(3)33(12-13-43(68)86-18-10-16-81-59-55(76)52(73)49(70)41(24-66)84-59)46(63-35)30(6)47-45(29(5)37(64-47)21-38(32)61-34)57(78)87-19-11-17-82-60-56(77)53(74)50(71)42(25-67)85-60/h20-22,27,31,33,40-42,48-56,58-61,64-67,69-77H,8-19,23-25H2,1-7H3/t27-,31?,33-,40+,41+,42+,48+,49+,50+,51-,52-,53-,54+,55+,56+,58+,59+,60+/m0/s1. The van der Waals surface area contributed by atoms with E-state index in [-0.39, 0.29) is 54.9 Å². The maximum atomic E-state index is 14.7. The van der Waals surface area contributed by atoms with Crippen LogP contribution in [0.25, 0.3) is 33.2 Å². The molecule has 3 aromatic heterocycles. The van der Waals surface area contributed by atoms with Gasteiger partial charge in [-0.05, 0) is 113 Å². The van der Waals surface area contributed by atoms with Crippen LogP contribution in [-0.4, -0.2) is 247 Å². The molecule has 14 N–H and O–H groups in total. The number of aliphatic hydroxyl groups is 12. The maximum absolute atomic E-state index is 14.7. The van der Waals surface area contributed by atoms with Crippen LogP contribution < -0.4 is 0 Å². The normalized spacial score (nSPS) is 30.7. The van der Waals surface area contributed by atoms with E-state index in [9.17, 15) is 70.9 Å². The fourth-order valence-electron chi connectivity index (χ4n) is 11.8. The van der Waals surface area contributed by atoms with E-state index in [1.807, 2.05) is 52.8 Å². The van der Waals surface area contributed by atoms with Gasteiger partial charge in [0.2, 0.25) is 5.12 Å². The summed E-state index contributed by atoms with van der Waals surface area (Å²) in [5.74, 6) is 0.0882. The van der Waals surface area contributed by atoms with Gasteiger partial charge < -0.3 is 104 Å². The Balaban J connectivity index is 1.09. The highest BCUT2D eigenvalue weighted by atomic mass is 32.2. The molecule has 3 fully saturated rings. The first kappa shape index (κ1) is 69.0. The number of rotatable bonds is 25. The Morgan fingerprint density at radius 3 is 1.66 bits per heavy atom. The number of thioether (sulfide) groups is 2. The van der Waals surface area contributed by atoms with Gasteiger partial charge in [-0.1, -0.05) is 37.4 Å². The molecular weight excluding hydrogens is 1180 g/mol. The van der Waals surface area contributed by atoms with Crippen LogP contribution in [0.3, 0.4) is 0 Å². The third-order valence-electron chi connectivity index (χ3n) is 17.1. The first-order chi connectivity index (χ1) is 41.5. The van der Waals surface area contributed by atoms with Crippen molar-refractivity contribution in [2.75, 3.05) is 57.8 Å².